The summed E-state index contributed by atoms with van der Waals surface area (Å²) in [6.45, 7) is 4.65. The zero-order valence-electron chi connectivity index (χ0n) is 32.1. The Bertz CT molecular complexity index is 3200. The summed E-state index contributed by atoms with van der Waals surface area (Å²) in [4.78, 5) is 15.6. The van der Waals surface area contributed by atoms with E-state index in [0.29, 0.717) is 17.5 Å². The van der Waals surface area contributed by atoms with Crippen molar-refractivity contribution in [2.75, 3.05) is 0 Å². The van der Waals surface area contributed by atoms with E-state index in [1.54, 1.807) is 0 Å². The van der Waals surface area contributed by atoms with Crippen LogP contribution < -0.4 is 0 Å². The number of rotatable bonds is 6. The fourth-order valence-electron chi connectivity index (χ4n) is 8.88. The van der Waals surface area contributed by atoms with E-state index >= 15 is 0 Å². The van der Waals surface area contributed by atoms with Gasteiger partial charge in [0, 0.05) is 32.9 Å². The van der Waals surface area contributed by atoms with Gasteiger partial charge in [-0.1, -0.05) is 172 Å². The molecule has 0 spiro atoms. The first-order chi connectivity index (χ1) is 28.5. The summed E-state index contributed by atoms with van der Waals surface area (Å²) in [7, 11) is 0. The number of fused-ring (bicyclic) bond motifs is 6. The van der Waals surface area contributed by atoms with Gasteiger partial charge in [-0.05, 0) is 86.0 Å². The van der Waals surface area contributed by atoms with Gasteiger partial charge in [0.1, 0.15) is 11.2 Å². The van der Waals surface area contributed by atoms with Gasteiger partial charge in [0.25, 0.3) is 0 Å². The minimum absolute atomic E-state index is 0.0874. The number of aromatic nitrogens is 3. The Hall–Kier alpha value is -7.43. The van der Waals surface area contributed by atoms with Gasteiger partial charge in [-0.25, -0.2) is 15.0 Å². The maximum absolute atomic E-state index is 6.54. The quantitative estimate of drug-likeness (QED) is 0.170. The molecule has 1 aliphatic rings. The highest BCUT2D eigenvalue weighted by atomic mass is 16.3. The molecule has 8 aromatic carbocycles. The van der Waals surface area contributed by atoms with E-state index in [2.05, 4.69) is 184 Å². The maximum Gasteiger partial charge on any atom is 0.164 e. The van der Waals surface area contributed by atoms with Gasteiger partial charge in [-0.15, -0.1) is 0 Å². The number of benzene rings is 8. The summed E-state index contributed by atoms with van der Waals surface area (Å²) in [5.74, 6) is 1.80. The molecule has 2 aromatic heterocycles. The Labute approximate surface area is 337 Å². The standard InChI is InChI=1S/C54H37N3O/c1-54(2)45-26-10-9-23-43(45)49-42(24-13-27-46(49)54)37-20-12-22-39(32-37)52-55-51(38-21-11-19-36(31-38)34-15-5-3-6-16-34)56-53(57-52)40-29-30-44-48(33-40)58-47-28-14-25-41(50(44)47)35-17-7-4-8-18-35/h3-33H,1-2H3. The predicted octanol–water partition coefficient (Wildman–Crippen LogP) is 14.1. The summed E-state index contributed by atoms with van der Waals surface area (Å²) in [5, 5.41) is 2.15. The molecule has 0 aliphatic heterocycles. The summed E-state index contributed by atoms with van der Waals surface area (Å²) in [6.07, 6.45) is 0. The van der Waals surface area contributed by atoms with Gasteiger partial charge < -0.3 is 4.42 Å². The Kier molecular flexibility index (Phi) is 7.80. The van der Waals surface area contributed by atoms with Crippen molar-refractivity contribution in [3.8, 4) is 78.7 Å². The van der Waals surface area contributed by atoms with Crippen molar-refractivity contribution in [1.82, 2.24) is 15.0 Å². The zero-order valence-corrected chi connectivity index (χ0v) is 32.1. The monoisotopic (exact) mass is 743 g/mol. The van der Waals surface area contributed by atoms with E-state index in [0.717, 1.165) is 66.4 Å². The van der Waals surface area contributed by atoms with E-state index in [-0.39, 0.29) is 5.41 Å². The Balaban J connectivity index is 1.08. The second-order valence-corrected chi connectivity index (χ2v) is 15.6. The highest BCUT2D eigenvalue weighted by Gasteiger charge is 2.36. The summed E-state index contributed by atoms with van der Waals surface area (Å²) >= 11 is 0. The molecule has 0 saturated heterocycles. The van der Waals surface area contributed by atoms with Gasteiger partial charge in [0.2, 0.25) is 0 Å². The molecule has 58 heavy (non-hydrogen) atoms. The molecule has 0 radical (unpaired) electrons. The first-order valence-electron chi connectivity index (χ1n) is 19.8. The second-order valence-electron chi connectivity index (χ2n) is 15.6. The fraction of sp³-hybridized carbons (Fsp3) is 0.0556. The van der Waals surface area contributed by atoms with Crippen LogP contribution in [0.3, 0.4) is 0 Å². The molecule has 1 aliphatic carbocycles. The molecule has 0 amide bonds. The topological polar surface area (TPSA) is 51.8 Å². The van der Waals surface area contributed by atoms with Crippen LogP contribution in [0, 0.1) is 0 Å². The van der Waals surface area contributed by atoms with Crippen molar-refractivity contribution < 1.29 is 4.42 Å². The third-order valence-corrected chi connectivity index (χ3v) is 11.7. The van der Waals surface area contributed by atoms with Crippen molar-refractivity contribution in [3.63, 3.8) is 0 Å². The van der Waals surface area contributed by atoms with Crippen LogP contribution in [-0.4, -0.2) is 15.0 Å². The van der Waals surface area contributed by atoms with Gasteiger partial charge in [0.15, 0.2) is 17.5 Å². The highest BCUT2D eigenvalue weighted by molar-refractivity contribution is 6.13. The molecule has 0 saturated carbocycles. The van der Waals surface area contributed by atoms with Crippen LogP contribution in [0.15, 0.2) is 192 Å². The van der Waals surface area contributed by atoms with Crippen molar-refractivity contribution in [1.29, 1.82) is 0 Å². The molecular weight excluding hydrogens is 707 g/mol. The van der Waals surface area contributed by atoms with Gasteiger partial charge in [-0.3, -0.25) is 0 Å². The molecule has 0 unspecified atom stereocenters. The summed E-state index contributed by atoms with van der Waals surface area (Å²) in [5.41, 5.74) is 16.4. The summed E-state index contributed by atoms with van der Waals surface area (Å²) in [6, 6.07) is 66.0. The lowest BCUT2D eigenvalue weighted by atomic mass is 9.82. The van der Waals surface area contributed by atoms with Crippen molar-refractivity contribution in [3.05, 3.63) is 199 Å². The smallest absolute Gasteiger partial charge is 0.164 e. The number of hydrogen-bond acceptors (Lipinski definition) is 4. The zero-order chi connectivity index (χ0) is 38.8. The van der Waals surface area contributed by atoms with Gasteiger partial charge in [-0.2, -0.15) is 0 Å². The van der Waals surface area contributed by atoms with E-state index in [4.69, 9.17) is 19.4 Å². The van der Waals surface area contributed by atoms with Crippen LogP contribution >= 0.6 is 0 Å². The molecule has 0 fully saturated rings. The summed E-state index contributed by atoms with van der Waals surface area (Å²) < 4.78 is 6.54. The van der Waals surface area contributed by atoms with Crippen LogP contribution in [0.4, 0.5) is 0 Å². The Morgan fingerprint density at radius 2 is 0.879 bits per heavy atom. The number of furan rings is 1. The first-order valence-corrected chi connectivity index (χ1v) is 19.8. The van der Waals surface area contributed by atoms with Crippen molar-refractivity contribution in [2.45, 2.75) is 19.3 Å². The lowest BCUT2D eigenvalue weighted by molar-refractivity contribution is 0.660. The minimum atomic E-state index is -0.0874. The van der Waals surface area contributed by atoms with Crippen LogP contribution in [-0.2, 0) is 5.41 Å². The fourth-order valence-corrected chi connectivity index (χ4v) is 8.88. The van der Waals surface area contributed by atoms with Crippen molar-refractivity contribution in [2.24, 2.45) is 0 Å². The van der Waals surface area contributed by atoms with Crippen molar-refractivity contribution >= 4 is 21.9 Å². The highest BCUT2D eigenvalue weighted by Crippen LogP contribution is 2.52. The normalized spacial score (nSPS) is 12.8. The molecule has 4 nitrogen and oxygen atoms in total. The molecule has 0 N–H and O–H groups in total. The largest absolute Gasteiger partial charge is 0.456 e. The maximum atomic E-state index is 6.54. The van der Waals surface area contributed by atoms with Gasteiger partial charge >= 0.3 is 0 Å². The third-order valence-electron chi connectivity index (χ3n) is 11.7. The van der Waals surface area contributed by atoms with Crippen LogP contribution in [0.5, 0.6) is 0 Å². The van der Waals surface area contributed by atoms with E-state index in [1.807, 2.05) is 18.2 Å². The van der Waals surface area contributed by atoms with Crippen LogP contribution in [0.2, 0.25) is 0 Å². The number of nitrogens with zero attached hydrogens (tertiary/aromatic N) is 3. The van der Waals surface area contributed by atoms with Crippen LogP contribution in [0.25, 0.3) is 101 Å². The van der Waals surface area contributed by atoms with Gasteiger partial charge in [0.05, 0.1) is 0 Å². The SMILES string of the molecule is CC1(C)c2ccccc2-c2c(-c3cccc(-c4nc(-c5cccc(-c6ccccc6)c5)nc(-c5ccc6c(c5)oc5cccc(-c7ccccc7)c56)n4)c3)cccc21. The molecule has 2 heterocycles. The Morgan fingerprint density at radius 3 is 1.62 bits per heavy atom. The van der Waals surface area contributed by atoms with E-state index < -0.39 is 0 Å². The predicted molar refractivity (Wildman–Crippen MR) is 237 cm³/mol. The second kappa shape index (κ2) is 13.4. The molecule has 11 rings (SSSR count). The minimum Gasteiger partial charge on any atom is -0.456 e. The molecule has 0 atom stereocenters. The molecule has 0 bridgehead atoms. The average molecular weight is 744 g/mol. The molecule has 10 aromatic rings. The molecule has 4 heteroatoms. The van der Waals surface area contributed by atoms with Crippen LogP contribution in [0.1, 0.15) is 25.0 Å². The molecule has 274 valence electrons. The van der Waals surface area contributed by atoms with E-state index in [9.17, 15) is 0 Å². The van der Waals surface area contributed by atoms with E-state index in [1.165, 1.54) is 27.8 Å². The Morgan fingerprint density at radius 1 is 0.362 bits per heavy atom. The lowest BCUT2D eigenvalue weighted by Gasteiger charge is -2.21. The first kappa shape index (κ1) is 33.9. The molecular formula is C54H37N3O. The number of hydrogen-bond donors (Lipinski definition) is 0. The lowest BCUT2D eigenvalue weighted by Crippen LogP contribution is -2.14. The average Bonchev–Trinajstić information content (AvgIpc) is 3.78. The third kappa shape index (κ3) is 5.56.